The first-order chi connectivity index (χ1) is 11.3. The normalized spacial score (nSPS) is 24.2. The van der Waals surface area contributed by atoms with Gasteiger partial charge >= 0.3 is 6.18 Å². The van der Waals surface area contributed by atoms with Crippen molar-refractivity contribution in [1.82, 2.24) is 0 Å². The molecule has 7 heteroatoms. The van der Waals surface area contributed by atoms with Crippen LogP contribution in [0.1, 0.15) is 36.3 Å². The lowest BCUT2D eigenvalue weighted by molar-refractivity contribution is -0.137. The van der Waals surface area contributed by atoms with Gasteiger partial charge in [-0.05, 0) is 24.1 Å². The number of hydrogen-bond acceptors (Lipinski definition) is 4. The molecule has 4 nitrogen and oxygen atoms in total. The van der Waals surface area contributed by atoms with Crippen LogP contribution in [0.5, 0.6) is 0 Å². The quantitative estimate of drug-likeness (QED) is 0.845. The average Bonchev–Trinajstić information content (AvgIpc) is 2.53. The summed E-state index contributed by atoms with van der Waals surface area (Å²) in [5, 5.41) is 17.3. The molecule has 124 valence electrons. The summed E-state index contributed by atoms with van der Waals surface area (Å²) in [6.45, 7) is 0. The van der Waals surface area contributed by atoms with Crippen LogP contribution in [0.4, 0.5) is 13.2 Å². The predicted octanol–water partition coefficient (Wildman–Crippen LogP) is 3.94. The molecule has 2 atom stereocenters. The van der Waals surface area contributed by atoms with Crippen LogP contribution in [0.15, 0.2) is 35.6 Å². The SMILES string of the molecule is N#CC1C(=N)OC2=C(C(=O)CCC2)C1c1ccc(C(F)(F)F)cc1. The van der Waals surface area contributed by atoms with Gasteiger partial charge in [-0.1, -0.05) is 12.1 Å². The zero-order valence-electron chi connectivity index (χ0n) is 12.5. The number of nitrogens with one attached hydrogen (secondary N) is 1. The predicted molar refractivity (Wildman–Crippen MR) is 78.0 cm³/mol. The number of halogens is 3. The van der Waals surface area contributed by atoms with Crippen molar-refractivity contribution in [1.29, 1.82) is 10.7 Å². The Labute approximate surface area is 136 Å². The molecule has 0 radical (unpaired) electrons. The van der Waals surface area contributed by atoms with Crippen LogP contribution >= 0.6 is 0 Å². The van der Waals surface area contributed by atoms with Crippen LogP contribution in [0.25, 0.3) is 0 Å². The first-order valence-electron chi connectivity index (χ1n) is 7.42. The molecule has 1 aromatic rings. The van der Waals surface area contributed by atoms with E-state index in [0.29, 0.717) is 36.2 Å². The highest BCUT2D eigenvalue weighted by atomic mass is 19.4. The molecule has 1 aromatic carbocycles. The Morgan fingerprint density at radius 1 is 1.21 bits per heavy atom. The van der Waals surface area contributed by atoms with Gasteiger partial charge < -0.3 is 4.74 Å². The summed E-state index contributed by atoms with van der Waals surface area (Å²) < 4.78 is 43.5. The van der Waals surface area contributed by atoms with E-state index in [1.165, 1.54) is 12.1 Å². The first kappa shape index (κ1) is 16.2. The fourth-order valence-electron chi connectivity index (χ4n) is 3.17. The Morgan fingerprint density at radius 2 is 1.88 bits per heavy atom. The van der Waals surface area contributed by atoms with Gasteiger partial charge in [0.15, 0.2) is 5.78 Å². The monoisotopic (exact) mass is 334 g/mol. The van der Waals surface area contributed by atoms with E-state index in [9.17, 15) is 23.2 Å². The van der Waals surface area contributed by atoms with Crippen LogP contribution in [0.3, 0.4) is 0 Å². The standard InChI is InChI=1S/C17H13F3N2O2/c18-17(19,20)10-6-4-9(5-7-10)14-11(8-21)16(22)24-13-3-1-2-12(23)15(13)14/h4-7,11,14,22H,1-3H2. The Hall–Kier alpha value is -2.62. The number of carbonyl (C=O) groups is 1. The third-order valence-corrected chi connectivity index (χ3v) is 4.30. The van der Waals surface area contributed by atoms with E-state index < -0.39 is 23.6 Å². The average molecular weight is 334 g/mol. The van der Waals surface area contributed by atoms with Gasteiger partial charge in [0.25, 0.3) is 0 Å². The molecule has 2 aliphatic rings. The number of nitrogens with zero attached hydrogens (tertiary/aromatic N) is 1. The molecule has 0 bridgehead atoms. The van der Waals surface area contributed by atoms with Gasteiger partial charge in [0.1, 0.15) is 11.7 Å². The molecule has 1 heterocycles. The van der Waals surface area contributed by atoms with Crippen molar-refractivity contribution in [3.63, 3.8) is 0 Å². The number of nitriles is 1. The zero-order valence-corrected chi connectivity index (χ0v) is 12.5. The third kappa shape index (κ3) is 2.68. The molecule has 3 rings (SSSR count). The lowest BCUT2D eigenvalue weighted by Crippen LogP contribution is -2.34. The molecule has 1 N–H and O–H groups in total. The van der Waals surface area contributed by atoms with Gasteiger partial charge in [-0.2, -0.15) is 18.4 Å². The Morgan fingerprint density at radius 3 is 2.46 bits per heavy atom. The smallest absolute Gasteiger partial charge is 0.416 e. The number of alkyl halides is 3. The van der Waals surface area contributed by atoms with Crippen molar-refractivity contribution >= 4 is 11.7 Å². The lowest BCUT2D eigenvalue weighted by atomic mass is 9.74. The summed E-state index contributed by atoms with van der Waals surface area (Å²) in [6.07, 6.45) is -3.06. The maximum absolute atomic E-state index is 12.7. The Kier molecular flexibility index (Phi) is 3.91. The molecule has 1 aliphatic heterocycles. The van der Waals surface area contributed by atoms with E-state index in [2.05, 4.69) is 0 Å². The lowest BCUT2D eigenvalue weighted by Gasteiger charge is -2.34. The highest BCUT2D eigenvalue weighted by Crippen LogP contribution is 2.43. The largest absolute Gasteiger partial charge is 0.446 e. The number of Topliss-reactive ketones (excluding diaryl/α,β-unsaturated/α-hetero) is 1. The zero-order chi connectivity index (χ0) is 17.5. The third-order valence-electron chi connectivity index (χ3n) is 4.30. The van der Waals surface area contributed by atoms with Crippen LogP contribution in [0, 0.1) is 22.7 Å². The molecule has 1 aliphatic carbocycles. The Bertz CT molecular complexity index is 773. The van der Waals surface area contributed by atoms with E-state index >= 15 is 0 Å². The van der Waals surface area contributed by atoms with Crippen molar-refractivity contribution in [2.24, 2.45) is 5.92 Å². The van der Waals surface area contributed by atoms with Crippen LogP contribution in [-0.2, 0) is 15.7 Å². The number of ketones is 1. The fraction of sp³-hybridized carbons (Fsp3) is 0.353. The second kappa shape index (κ2) is 5.78. The maximum atomic E-state index is 12.7. The second-order valence-corrected chi connectivity index (χ2v) is 5.78. The highest BCUT2D eigenvalue weighted by Gasteiger charge is 2.42. The van der Waals surface area contributed by atoms with Gasteiger partial charge in [0.2, 0.25) is 5.90 Å². The van der Waals surface area contributed by atoms with E-state index in [1.807, 2.05) is 6.07 Å². The van der Waals surface area contributed by atoms with Gasteiger partial charge in [-0.3, -0.25) is 10.2 Å². The van der Waals surface area contributed by atoms with Crippen molar-refractivity contribution in [2.75, 3.05) is 0 Å². The minimum atomic E-state index is -4.46. The summed E-state index contributed by atoms with van der Waals surface area (Å²) in [5.41, 5.74) is -0.0695. The second-order valence-electron chi connectivity index (χ2n) is 5.78. The summed E-state index contributed by atoms with van der Waals surface area (Å²) >= 11 is 0. The molecule has 0 spiro atoms. The number of rotatable bonds is 1. The van der Waals surface area contributed by atoms with Crippen molar-refractivity contribution in [2.45, 2.75) is 31.4 Å². The van der Waals surface area contributed by atoms with E-state index in [-0.39, 0.29) is 11.7 Å². The van der Waals surface area contributed by atoms with Gasteiger partial charge in [-0.15, -0.1) is 0 Å². The molecule has 0 fully saturated rings. The number of hydrogen-bond donors (Lipinski definition) is 1. The number of carbonyl (C=O) groups excluding carboxylic acids is 1. The molecular formula is C17H13F3N2O2. The minimum absolute atomic E-state index is 0.172. The fourth-order valence-corrected chi connectivity index (χ4v) is 3.17. The van der Waals surface area contributed by atoms with Crippen molar-refractivity contribution < 1.29 is 22.7 Å². The van der Waals surface area contributed by atoms with Crippen molar-refractivity contribution in [3.8, 4) is 6.07 Å². The van der Waals surface area contributed by atoms with Crippen molar-refractivity contribution in [3.05, 3.63) is 46.7 Å². The molecule has 0 amide bonds. The van der Waals surface area contributed by atoms with Gasteiger partial charge in [0, 0.05) is 24.3 Å². The molecule has 24 heavy (non-hydrogen) atoms. The molecule has 0 saturated carbocycles. The van der Waals surface area contributed by atoms with Gasteiger partial charge in [-0.25, -0.2) is 0 Å². The minimum Gasteiger partial charge on any atom is -0.446 e. The Balaban J connectivity index is 2.09. The number of benzene rings is 1. The van der Waals surface area contributed by atoms with Crippen LogP contribution in [0.2, 0.25) is 0 Å². The van der Waals surface area contributed by atoms with Crippen LogP contribution in [-0.4, -0.2) is 11.7 Å². The van der Waals surface area contributed by atoms with Crippen LogP contribution < -0.4 is 0 Å². The summed E-state index contributed by atoms with van der Waals surface area (Å²) in [4.78, 5) is 12.3. The molecule has 2 unspecified atom stereocenters. The maximum Gasteiger partial charge on any atom is 0.416 e. The van der Waals surface area contributed by atoms with E-state index in [1.54, 1.807) is 0 Å². The van der Waals surface area contributed by atoms with Gasteiger partial charge in [0.05, 0.1) is 11.6 Å². The van der Waals surface area contributed by atoms with E-state index in [0.717, 1.165) is 12.1 Å². The summed E-state index contributed by atoms with van der Waals surface area (Å²) in [5.74, 6) is -1.86. The molecule has 0 aromatic heterocycles. The topological polar surface area (TPSA) is 73.9 Å². The van der Waals surface area contributed by atoms with E-state index in [4.69, 9.17) is 10.1 Å². The number of ether oxygens (including phenoxy) is 1. The summed E-state index contributed by atoms with van der Waals surface area (Å²) in [7, 11) is 0. The number of allylic oxidation sites excluding steroid dienone is 2. The molecule has 0 saturated heterocycles. The highest BCUT2D eigenvalue weighted by molar-refractivity contribution is 6.01. The summed E-state index contributed by atoms with van der Waals surface area (Å²) in [6, 6.07) is 6.33. The first-order valence-corrected chi connectivity index (χ1v) is 7.42. The molecular weight excluding hydrogens is 321 g/mol.